The van der Waals surface area contributed by atoms with Crippen molar-refractivity contribution in [2.75, 3.05) is 6.54 Å². The molecule has 0 radical (unpaired) electrons. The fourth-order valence-corrected chi connectivity index (χ4v) is 1.33. The van der Waals surface area contributed by atoms with Gasteiger partial charge in [-0.05, 0) is 20.3 Å². The van der Waals surface area contributed by atoms with Crippen LogP contribution in [0.15, 0.2) is 0 Å². The van der Waals surface area contributed by atoms with Gasteiger partial charge in [-0.3, -0.25) is 4.79 Å². The van der Waals surface area contributed by atoms with Crippen molar-refractivity contribution in [3.63, 3.8) is 0 Å². The molecule has 0 heterocycles. The van der Waals surface area contributed by atoms with E-state index in [-0.39, 0.29) is 11.9 Å². The Kier molecular flexibility index (Phi) is 6.92. The summed E-state index contributed by atoms with van der Waals surface area (Å²) in [6, 6.07) is 0.208. The second kappa shape index (κ2) is 7.44. The van der Waals surface area contributed by atoms with Gasteiger partial charge >= 0.3 is 0 Å². The summed E-state index contributed by atoms with van der Waals surface area (Å²) in [6.45, 7) is 6.55. The summed E-state index contributed by atoms with van der Waals surface area (Å²) < 4.78 is 0. The number of carbonyl (C=O) groups excluding carboxylic acids is 1. The zero-order valence-electron chi connectivity index (χ0n) is 9.55. The van der Waals surface area contributed by atoms with E-state index in [0.29, 0.717) is 13.0 Å². The summed E-state index contributed by atoms with van der Waals surface area (Å²) in [5, 5.41) is 0. The molecule has 0 rings (SSSR count). The number of hydrogen-bond donors (Lipinski definition) is 0. The Morgan fingerprint density at radius 1 is 1.43 bits per heavy atom. The minimum Gasteiger partial charge on any atom is -0.329 e. The Hall–Kier alpha value is -0.970. The highest BCUT2D eigenvalue weighted by Gasteiger charge is 2.14. The number of nitrogens with zero attached hydrogens (tertiary/aromatic N) is 1. The van der Waals surface area contributed by atoms with Crippen LogP contribution in [0.25, 0.3) is 0 Å². The Morgan fingerprint density at radius 2 is 2.07 bits per heavy atom. The number of amides is 1. The lowest BCUT2D eigenvalue weighted by Gasteiger charge is -2.24. The zero-order chi connectivity index (χ0) is 11.0. The highest BCUT2D eigenvalue weighted by Crippen LogP contribution is 2.06. The SMILES string of the molecule is C#CCN(C(=O)CCCCC)C(C)C. The van der Waals surface area contributed by atoms with Gasteiger partial charge in [0.1, 0.15) is 0 Å². The van der Waals surface area contributed by atoms with E-state index >= 15 is 0 Å². The van der Waals surface area contributed by atoms with Crippen LogP contribution in [0.3, 0.4) is 0 Å². The van der Waals surface area contributed by atoms with Gasteiger partial charge < -0.3 is 4.90 Å². The van der Waals surface area contributed by atoms with Crippen molar-refractivity contribution in [2.45, 2.75) is 52.5 Å². The lowest BCUT2D eigenvalue weighted by Crippen LogP contribution is -2.37. The Labute approximate surface area is 87.7 Å². The molecule has 0 saturated carbocycles. The monoisotopic (exact) mass is 195 g/mol. The van der Waals surface area contributed by atoms with E-state index in [9.17, 15) is 4.79 Å². The van der Waals surface area contributed by atoms with Gasteiger partial charge in [-0.2, -0.15) is 0 Å². The number of terminal acetylenes is 1. The minimum absolute atomic E-state index is 0.186. The molecule has 0 atom stereocenters. The van der Waals surface area contributed by atoms with Gasteiger partial charge in [-0.25, -0.2) is 0 Å². The molecule has 80 valence electrons. The Morgan fingerprint density at radius 3 is 2.50 bits per heavy atom. The lowest BCUT2D eigenvalue weighted by molar-refractivity contribution is -0.132. The standard InChI is InChI=1S/C12H21NO/c1-5-7-8-9-12(14)13(10-6-2)11(3)4/h2,11H,5,7-10H2,1,3-4H3. The van der Waals surface area contributed by atoms with Crippen LogP contribution in [0.1, 0.15) is 46.5 Å². The van der Waals surface area contributed by atoms with Gasteiger partial charge in [0.05, 0.1) is 6.54 Å². The highest BCUT2D eigenvalue weighted by atomic mass is 16.2. The molecule has 0 aromatic rings. The topological polar surface area (TPSA) is 20.3 Å². The quantitative estimate of drug-likeness (QED) is 0.471. The highest BCUT2D eigenvalue weighted by molar-refractivity contribution is 5.76. The third kappa shape index (κ3) is 4.91. The van der Waals surface area contributed by atoms with E-state index in [0.717, 1.165) is 19.3 Å². The summed E-state index contributed by atoms with van der Waals surface area (Å²) in [7, 11) is 0. The molecule has 0 spiro atoms. The van der Waals surface area contributed by atoms with Crippen molar-refractivity contribution in [1.29, 1.82) is 0 Å². The van der Waals surface area contributed by atoms with Crippen molar-refractivity contribution in [3.05, 3.63) is 0 Å². The van der Waals surface area contributed by atoms with Crippen LogP contribution in [0.2, 0.25) is 0 Å². The second-order valence-electron chi connectivity index (χ2n) is 3.78. The van der Waals surface area contributed by atoms with Gasteiger partial charge in [0.2, 0.25) is 5.91 Å². The molecule has 0 aromatic carbocycles. The first-order valence-electron chi connectivity index (χ1n) is 5.36. The molecular weight excluding hydrogens is 174 g/mol. The molecule has 0 saturated heterocycles. The van der Waals surface area contributed by atoms with Crippen LogP contribution in [-0.2, 0) is 4.79 Å². The van der Waals surface area contributed by atoms with Gasteiger partial charge in [-0.1, -0.05) is 25.7 Å². The summed E-state index contributed by atoms with van der Waals surface area (Å²) in [6.07, 6.45) is 9.09. The Bertz CT molecular complexity index is 203. The first-order chi connectivity index (χ1) is 6.63. The minimum atomic E-state index is 0.186. The van der Waals surface area contributed by atoms with Crippen molar-refractivity contribution < 1.29 is 4.79 Å². The molecule has 0 aliphatic heterocycles. The molecule has 0 aliphatic carbocycles. The van der Waals surface area contributed by atoms with E-state index < -0.39 is 0 Å². The summed E-state index contributed by atoms with van der Waals surface area (Å²) in [5.41, 5.74) is 0. The van der Waals surface area contributed by atoms with E-state index in [1.54, 1.807) is 4.90 Å². The number of unbranched alkanes of at least 4 members (excludes halogenated alkanes) is 2. The van der Waals surface area contributed by atoms with E-state index in [4.69, 9.17) is 6.42 Å². The van der Waals surface area contributed by atoms with Crippen molar-refractivity contribution >= 4 is 5.91 Å². The van der Waals surface area contributed by atoms with E-state index in [1.807, 2.05) is 13.8 Å². The smallest absolute Gasteiger partial charge is 0.223 e. The maximum Gasteiger partial charge on any atom is 0.223 e. The fourth-order valence-electron chi connectivity index (χ4n) is 1.33. The molecule has 0 aliphatic rings. The normalized spacial score (nSPS) is 9.93. The average molecular weight is 195 g/mol. The summed E-state index contributed by atoms with van der Waals surface area (Å²) >= 11 is 0. The predicted molar refractivity (Wildman–Crippen MR) is 59.8 cm³/mol. The van der Waals surface area contributed by atoms with Crippen LogP contribution >= 0.6 is 0 Å². The molecule has 14 heavy (non-hydrogen) atoms. The lowest BCUT2D eigenvalue weighted by atomic mass is 10.1. The largest absolute Gasteiger partial charge is 0.329 e. The van der Waals surface area contributed by atoms with Crippen LogP contribution in [0, 0.1) is 12.3 Å². The third-order valence-electron chi connectivity index (χ3n) is 2.20. The summed E-state index contributed by atoms with van der Waals surface area (Å²) in [5.74, 6) is 2.71. The molecular formula is C12H21NO. The van der Waals surface area contributed by atoms with E-state index in [1.165, 1.54) is 0 Å². The average Bonchev–Trinajstić information content (AvgIpc) is 2.13. The molecule has 1 amide bonds. The molecule has 0 aromatic heterocycles. The number of hydrogen-bond acceptors (Lipinski definition) is 1. The zero-order valence-corrected chi connectivity index (χ0v) is 9.55. The van der Waals surface area contributed by atoms with Crippen molar-refractivity contribution in [2.24, 2.45) is 0 Å². The first kappa shape index (κ1) is 13.0. The molecule has 0 N–H and O–H groups in total. The molecule has 2 heteroatoms. The fraction of sp³-hybridized carbons (Fsp3) is 0.750. The first-order valence-corrected chi connectivity index (χ1v) is 5.36. The molecule has 0 fully saturated rings. The van der Waals surface area contributed by atoms with Crippen molar-refractivity contribution in [3.8, 4) is 12.3 Å². The van der Waals surface area contributed by atoms with Gasteiger partial charge in [0, 0.05) is 12.5 Å². The van der Waals surface area contributed by atoms with Crippen molar-refractivity contribution in [1.82, 2.24) is 4.90 Å². The van der Waals surface area contributed by atoms with E-state index in [2.05, 4.69) is 12.8 Å². The molecule has 0 unspecified atom stereocenters. The third-order valence-corrected chi connectivity index (χ3v) is 2.20. The number of carbonyl (C=O) groups is 1. The maximum atomic E-state index is 11.7. The van der Waals surface area contributed by atoms with Crippen LogP contribution in [0.5, 0.6) is 0 Å². The van der Waals surface area contributed by atoms with Crippen LogP contribution in [0.4, 0.5) is 0 Å². The maximum absolute atomic E-state index is 11.7. The summed E-state index contributed by atoms with van der Waals surface area (Å²) in [4.78, 5) is 13.4. The van der Waals surface area contributed by atoms with Gasteiger partial charge in [0.15, 0.2) is 0 Å². The molecule has 2 nitrogen and oxygen atoms in total. The number of rotatable bonds is 6. The van der Waals surface area contributed by atoms with Gasteiger partial charge in [-0.15, -0.1) is 6.42 Å². The predicted octanol–water partition coefficient (Wildman–Crippen LogP) is 2.44. The molecule has 0 bridgehead atoms. The van der Waals surface area contributed by atoms with Crippen LogP contribution < -0.4 is 0 Å². The Balaban J connectivity index is 3.97. The second-order valence-corrected chi connectivity index (χ2v) is 3.78. The van der Waals surface area contributed by atoms with Crippen LogP contribution in [-0.4, -0.2) is 23.4 Å². The van der Waals surface area contributed by atoms with Gasteiger partial charge in [0.25, 0.3) is 0 Å².